The molecule has 1 aromatic carbocycles. The van der Waals surface area contributed by atoms with Gasteiger partial charge in [-0.05, 0) is 31.2 Å². The fourth-order valence-electron chi connectivity index (χ4n) is 3.25. The molecule has 0 amide bonds. The summed E-state index contributed by atoms with van der Waals surface area (Å²) >= 11 is 0. The van der Waals surface area contributed by atoms with Crippen molar-refractivity contribution < 1.29 is 14.1 Å². The Morgan fingerprint density at radius 1 is 1.33 bits per heavy atom. The summed E-state index contributed by atoms with van der Waals surface area (Å²) in [5, 5.41) is 3.86. The number of hydrogen-bond acceptors (Lipinski definition) is 6. The first kappa shape index (κ1) is 19.1. The zero-order chi connectivity index (χ0) is 19.1. The number of benzene rings is 1. The maximum Gasteiger partial charge on any atom is 0.441 e. The second-order valence-corrected chi connectivity index (χ2v) is 6.78. The van der Waals surface area contributed by atoms with E-state index in [4.69, 9.17) is 15.0 Å². The molecule has 3 rings (SSSR count). The smallest absolute Gasteiger partial charge is 0.441 e. The van der Waals surface area contributed by atoms with Crippen molar-refractivity contribution in [1.82, 2.24) is 9.72 Å². The number of ether oxygens (including phenoxy) is 1. The second kappa shape index (κ2) is 9.32. The van der Waals surface area contributed by atoms with Gasteiger partial charge in [0.25, 0.3) is 0 Å². The number of esters is 1. The SMILES string of the molecule is N[C@H](C/C=C\C[C@H]1CCCCc2noc(=O)n21)C(=O)OCc1ccccc1. The first-order chi connectivity index (χ1) is 13.1. The Labute approximate surface area is 157 Å². The van der Waals surface area contributed by atoms with E-state index in [0.29, 0.717) is 12.8 Å². The summed E-state index contributed by atoms with van der Waals surface area (Å²) in [4.78, 5) is 23.9. The minimum atomic E-state index is -0.701. The summed E-state index contributed by atoms with van der Waals surface area (Å²) in [6.07, 6.45) is 8.64. The van der Waals surface area contributed by atoms with Crippen molar-refractivity contribution in [3.05, 3.63) is 64.4 Å². The third-order valence-electron chi connectivity index (χ3n) is 4.75. The van der Waals surface area contributed by atoms with Crippen LogP contribution in [0.25, 0.3) is 0 Å². The number of aromatic nitrogens is 2. The van der Waals surface area contributed by atoms with Gasteiger partial charge in [0.1, 0.15) is 12.6 Å². The fraction of sp³-hybridized carbons (Fsp3) is 0.450. The van der Waals surface area contributed by atoms with Crippen LogP contribution in [0.1, 0.15) is 49.5 Å². The zero-order valence-electron chi connectivity index (χ0n) is 15.3. The summed E-state index contributed by atoms with van der Waals surface area (Å²) in [6.45, 7) is 0.221. The van der Waals surface area contributed by atoms with E-state index in [0.717, 1.165) is 37.1 Å². The molecule has 144 valence electrons. The molecule has 0 unspecified atom stereocenters. The van der Waals surface area contributed by atoms with E-state index in [9.17, 15) is 9.59 Å². The summed E-state index contributed by atoms with van der Waals surface area (Å²) in [5.74, 6) is -0.0981. The highest BCUT2D eigenvalue weighted by atomic mass is 16.5. The Morgan fingerprint density at radius 2 is 2.15 bits per heavy atom. The van der Waals surface area contributed by atoms with Crippen molar-refractivity contribution >= 4 is 5.97 Å². The number of aryl methyl sites for hydroxylation is 1. The number of rotatable bonds is 7. The van der Waals surface area contributed by atoms with Crippen molar-refractivity contribution in [2.45, 2.75) is 57.2 Å². The molecule has 0 radical (unpaired) electrons. The summed E-state index contributed by atoms with van der Waals surface area (Å²) < 4.78 is 11.7. The molecule has 0 aliphatic carbocycles. The molecule has 0 fully saturated rings. The van der Waals surface area contributed by atoms with Gasteiger partial charge >= 0.3 is 11.7 Å². The van der Waals surface area contributed by atoms with Crippen LogP contribution in [0.15, 0.2) is 51.8 Å². The molecular formula is C20H25N3O4. The minimum absolute atomic E-state index is 0.0405. The Bertz CT molecular complexity index is 825. The lowest BCUT2D eigenvalue weighted by Gasteiger charge is -2.13. The van der Waals surface area contributed by atoms with Gasteiger partial charge in [0, 0.05) is 12.5 Å². The van der Waals surface area contributed by atoms with E-state index >= 15 is 0 Å². The number of carbonyl (C=O) groups excluding carboxylic acids is 1. The van der Waals surface area contributed by atoms with Crippen LogP contribution in [0.3, 0.4) is 0 Å². The topological polar surface area (TPSA) is 100 Å². The van der Waals surface area contributed by atoms with Gasteiger partial charge in [-0.3, -0.25) is 13.9 Å². The average Bonchev–Trinajstić information content (AvgIpc) is 2.93. The number of fused-ring (bicyclic) bond motifs is 1. The molecule has 7 heteroatoms. The monoisotopic (exact) mass is 371 g/mol. The van der Waals surface area contributed by atoms with Crippen molar-refractivity contribution in [1.29, 1.82) is 0 Å². The molecule has 0 bridgehead atoms. The van der Waals surface area contributed by atoms with Crippen LogP contribution >= 0.6 is 0 Å². The normalized spacial score (nSPS) is 18.0. The predicted octanol–water partition coefficient (Wildman–Crippen LogP) is 2.51. The molecule has 2 aromatic rings. The number of nitrogens with two attached hydrogens (primary N) is 1. The van der Waals surface area contributed by atoms with Gasteiger partial charge in [-0.2, -0.15) is 0 Å². The predicted molar refractivity (Wildman–Crippen MR) is 99.9 cm³/mol. The number of hydrogen-bond donors (Lipinski definition) is 1. The number of allylic oxidation sites excluding steroid dienone is 1. The van der Waals surface area contributed by atoms with Crippen LogP contribution in [0.2, 0.25) is 0 Å². The van der Waals surface area contributed by atoms with Crippen LogP contribution in [0.5, 0.6) is 0 Å². The standard InChI is InChI=1S/C20H25N3O4/c21-17(19(24)26-14-15-8-2-1-3-9-15)12-6-4-10-16-11-5-7-13-18-22-27-20(25)23(16)18/h1-4,6,8-9,16-17H,5,7,10-14,21H2/b6-4-/t16-,17+/m0/s1. The van der Waals surface area contributed by atoms with Gasteiger partial charge in [0.15, 0.2) is 5.82 Å². The Kier molecular flexibility index (Phi) is 6.59. The van der Waals surface area contributed by atoms with E-state index in [1.165, 1.54) is 0 Å². The molecule has 0 saturated carbocycles. The van der Waals surface area contributed by atoms with E-state index < -0.39 is 17.8 Å². The Hall–Kier alpha value is -2.67. The Morgan fingerprint density at radius 3 is 2.96 bits per heavy atom. The highest BCUT2D eigenvalue weighted by Crippen LogP contribution is 2.24. The van der Waals surface area contributed by atoms with Crippen LogP contribution in [-0.4, -0.2) is 21.7 Å². The van der Waals surface area contributed by atoms with Crippen molar-refractivity contribution in [3.8, 4) is 0 Å². The van der Waals surface area contributed by atoms with Crippen molar-refractivity contribution in [2.75, 3.05) is 0 Å². The summed E-state index contributed by atoms with van der Waals surface area (Å²) in [6, 6.07) is 8.83. The largest absolute Gasteiger partial charge is 0.460 e. The lowest BCUT2D eigenvalue weighted by atomic mass is 10.1. The molecule has 0 saturated heterocycles. The molecule has 27 heavy (non-hydrogen) atoms. The van der Waals surface area contributed by atoms with Crippen LogP contribution in [0.4, 0.5) is 0 Å². The zero-order valence-corrected chi connectivity index (χ0v) is 15.3. The van der Waals surface area contributed by atoms with Gasteiger partial charge in [-0.25, -0.2) is 4.79 Å². The first-order valence-electron chi connectivity index (χ1n) is 9.33. The summed E-state index contributed by atoms with van der Waals surface area (Å²) in [7, 11) is 0. The Balaban J connectivity index is 1.47. The maximum atomic E-state index is 12.0. The fourth-order valence-corrected chi connectivity index (χ4v) is 3.25. The highest BCUT2D eigenvalue weighted by molar-refractivity contribution is 5.75. The maximum absolute atomic E-state index is 12.0. The third kappa shape index (κ3) is 5.17. The van der Waals surface area contributed by atoms with Crippen molar-refractivity contribution in [3.63, 3.8) is 0 Å². The molecule has 2 atom stereocenters. The lowest BCUT2D eigenvalue weighted by molar-refractivity contribution is -0.146. The minimum Gasteiger partial charge on any atom is -0.460 e. The molecule has 1 aliphatic rings. The molecule has 1 aliphatic heterocycles. The van der Waals surface area contributed by atoms with Gasteiger partial charge in [0.2, 0.25) is 0 Å². The van der Waals surface area contributed by atoms with Gasteiger partial charge in [-0.1, -0.05) is 54.1 Å². The quantitative estimate of drug-likeness (QED) is 0.593. The first-order valence-corrected chi connectivity index (χ1v) is 9.33. The summed E-state index contributed by atoms with van der Waals surface area (Å²) in [5.41, 5.74) is 6.83. The molecule has 2 heterocycles. The van der Waals surface area contributed by atoms with Crippen LogP contribution in [0, 0.1) is 0 Å². The molecular weight excluding hydrogens is 346 g/mol. The molecule has 7 nitrogen and oxygen atoms in total. The van der Waals surface area contributed by atoms with E-state index in [1.54, 1.807) is 4.57 Å². The number of carbonyl (C=O) groups is 1. The van der Waals surface area contributed by atoms with E-state index in [-0.39, 0.29) is 12.6 Å². The lowest BCUT2D eigenvalue weighted by Crippen LogP contribution is -2.31. The van der Waals surface area contributed by atoms with E-state index in [1.807, 2.05) is 42.5 Å². The van der Waals surface area contributed by atoms with Gasteiger partial charge in [0.05, 0.1) is 0 Å². The molecule has 0 spiro atoms. The second-order valence-electron chi connectivity index (χ2n) is 6.78. The molecule has 2 N–H and O–H groups in total. The van der Waals surface area contributed by atoms with Crippen LogP contribution in [-0.2, 0) is 22.6 Å². The van der Waals surface area contributed by atoms with Gasteiger partial charge in [-0.15, -0.1) is 0 Å². The van der Waals surface area contributed by atoms with Gasteiger partial charge < -0.3 is 10.5 Å². The average molecular weight is 371 g/mol. The third-order valence-corrected chi connectivity index (χ3v) is 4.75. The highest BCUT2D eigenvalue weighted by Gasteiger charge is 2.22. The number of nitrogens with zero attached hydrogens (tertiary/aromatic N) is 2. The van der Waals surface area contributed by atoms with Crippen molar-refractivity contribution in [2.24, 2.45) is 5.73 Å². The molecule has 1 aromatic heterocycles. The van der Waals surface area contributed by atoms with E-state index in [2.05, 4.69) is 5.16 Å². The van der Waals surface area contributed by atoms with Crippen LogP contribution < -0.4 is 11.5 Å².